The van der Waals surface area contributed by atoms with Gasteiger partial charge >= 0.3 is 5.97 Å². The number of nitrogens with one attached hydrogen (secondary N) is 3. The van der Waals surface area contributed by atoms with Crippen LogP contribution >= 0.6 is 34.8 Å². The third-order valence-corrected chi connectivity index (χ3v) is 6.16. The van der Waals surface area contributed by atoms with Crippen molar-refractivity contribution in [2.24, 2.45) is 11.3 Å². The second-order valence-corrected chi connectivity index (χ2v) is 12.7. The fourth-order valence-corrected chi connectivity index (χ4v) is 3.86. The summed E-state index contributed by atoms with van der Waals surface area (Å²) in [6.07, 6.45) is 4.52. The summed E-state index contributed by atoms with van der Waals surface area (Å²) in [5, 5.41) is 6.75. The van der Waals surface area contributed by atoms with Crippen molar-refractivity contribution >= 4 is 58.5 Å². The molecule has 9 nitrogen and oxygen atoms in total. The molecular weight excluding hydrogens is 531 g/mol. The van der Waals surface area contributed by atoms with Crippen molar-refractivity contribution in [3.63, 3.8) is 0 Å². The van der Waals surface area contributed by atoms with Gasteiger partial charge in [-0.2, -0.15) is 0 Å². The molecule has 0 aromatic rings. The number of carbonyl (C=O) groups is 4. The standard InChI is InChI=1S/C24H39Cl3N4O5/c1-7-11-23(5,6)12-10-18(32)29-19(15(2)3)20(33)28-16(4)21(34)31-13-8-9-17(30-31)22(35)36-14-24(25,26)27/h7,15-17,19,30H,1,8-14H2,2-6H3,(H,28,33)(H,29,32). The number of allylic oxidation sites excluding steroid dienone is 1. The van der Waals surface area contributed by atoms with E-state index in [1.807, 2.05) is 19.9 Å². The highest BCUT2D eigenvalue weighted by Gasteiger charge is 2.34. The minimum atomic E-state index is -1.73. The van der Waals surface area contributed by atoms with Gasteiger partial charge in [-0.25, -0.2) is 5.43 Å². The van der Waals surface area contributed by atoms with Gasteiger partial charge in [0, 0.05) is 13.0 Å². The maximum Gasteiger partial charge on any atom is 0.325 e. The Kier molecular flexibility index (Phi) is 13.0. The van der Waals surface area contributed by atoms with E-state index < -0.39 is 46.3 Å². The molecule has 1 rings (SSSR count). The van der Waals surface area contributed by atoms with E-state index in [1.165, 1.54) is 5.01 Å². The molecule has 0 bridgehead atoms. The molecule has 0 saturated carbocycles. The monoisotopic (exact) mass is 568 g/mol. The molecule has 0 aromatic carbocycles. The lowest BCUT2D eigenvalue weighted by atomic mass is 9.84. The van der Waals surface area contributed by atoms with Crippen LogP contribution in [0.15, 0.2) is 12.7 Å². The summed E-state index contributed by atoms with van der Waals surface area (Å²) in [5.74, 6) is -1.95. The number of rotatable bonds is 12. The van der Waals surface area contributed by atoms with Gasteiger partial charge < -0.3 is 15.4 Å². The summed E-state index contributed by atoms with van der Waals surface area (Å²) in [5.41, 5.74) is 2.75. The Labute approximate surface area is 228 Å². The predicted molar refractivity (Wildman–Crippen MR) is 141 cm³/mol. The second kappa shape index (κ2) is 14.4. The van der Waals surface area contributed by atoms with Gasteiger partial charge in [-0.15, -0.1) is 6.58 Å². The van der Waals surface area contributed by atoms with Crippen LogP contribution in [-0.2, 0) is 23.9 Å². The van der Waals surface area contributed by atoms with Crippen molar-refractivity contribution in [2.75, 3.05) is 13.2 Å². The van der Waals surface area contributed by atoms with Crippen LogP contribution in [0, 0.1) is 11.3 Å². The average Bonchev–Trinajstić information content (AvgIpc) is 2.78. The molecular formula is C24H39Cl3N4O5. The van der Waals surface area contributed by atoms with E-state index in [9.17, 15) is 19.2 Å². The fourth-order valence-electron chi connectivity index (χ4n) is 3.69. The number of hydrogen-bond acceptors (Lipinski definition) is 6. The highest BCUT2D eigenvalue weighted by Crippen LogP contribution is 2.27. The molecule has 1 aliphatic heterocycles. The van der Waals surface area contributed by atoms with Crippen LogP contribution in [0.5, 0.6) is 0 Å². The van der Waals surface area contributed by atoms with E-state index in [4.69, 9.17) is 39.5 Å². The molecule has 3 atom stereocenters. The third kappa shape index (κ3) is 11.7. The molecule has 0 aliphatic carbocycles. The molecule has 0 spiro atoms. The van der Waals surface area contributed by atoms with Gasteiger partial charge in [0.15, 0.2) is 0 Å². The van der Waals surface area contributed by atoms with Crippen molar-refractivity contribution in [1.82, 2.24) is 21.1 Å². The van der Waals surface area contributed by atoms with Gasteiger partial charge in [0.2, 0.25) is 15.6 Å². The molecule has 1 aliphatic rings. The van der Waals surface area contributed by atoms with E-state index in [2.05, 4.69) is 36.5 Å². The zero-order chi connectivity index (χ0) is 27.7. The lowest BCUT2D eigenvalue weighted by Gasteiger charge is -2.34. The number of halogens is 3. The van der Waals surface area contributed by atoms with Gasteiger partial charge in [0.25, 0.3) is 5.91 Å². The van der Waals surface area contributed by atoms with Crippen molar-refractivity contribution in [2.45, 2.75) is 88.6 Å². The van der Waals surface area contributed by atoms with Gasteiger partial charge in [-0.1, -0.05) is 68.6 Å². The molecule has 1 heterocycles. The Bertz CT molecular complexity index is 801. The number of ether oxygens (including phenoxy) is 1. The number of hydrogen-bond donors (Lipinski definition) is 3. The normalized spacial score (nSPS) is 18.2. The van der Waals surface area contributed by atoms with Gasteiger partial charge in [0.05, 0.1) is 0 Å². The third-order valence-electron chi connectivity index (χ3n) is 5.84. The molecule has 1 fully saturated rings. The number of nitrogens with zero attached hydrogens (tertiary/aromatic N) is 1. The van der Waals surface area contributed by atoms with E-state index >= 15 is 0 Å². The largest absolute Gasteiger partial charge is 0.460 e. The van der Waals surface area contributed by atoms with Crippen LogP contribution in [0.3, 0.4) is 0 Å². The minimum Gasteiger partial charge on any atom is -0.460 e. The minimum absolute atomic E-state index is 0.0671. The van der Waals surface area contributed by atoms with Gasteiger partial charge in [0.1, 0.15) is 24.7 Å². The molecule has 36 heavy (non-hydrogen) atoms. The zero-order valence-electron chi connectivity index (χ0n) is 21.7. The summed E-state index contributed by atoms with van der Waals surface area (Å²) >= 11 is 16.8. The lowest BCUT2D eigenvalue weighted by molar-refractivity contribution is -0.152. The average molecular weight is 570 g/mol. The second-order valence-electron chi connectivity index (χ2n) is 10.2. The Morgan fingerprint density at radius 1 is 1.17 bits per heavy atom. The quantitative estimate of drug-likeness (QED) is 0.188. The smallest absolute Gasteiger partial charge is 0.325 e. The Hall–Kier alpha value is -1.55. The molecule has 0 aromatic heterocycles. The maximum absolute atomic E-state index is 12.9. The topological polar surface area (TPSA) is 117 Å². The van der Waals surface area contributed by atoms with Gasteiger partial charge in [-0.05, 0) is 43.9 Å². The Morgan fingerprint density at radius 3 is 2.36 bits per heavy atom. The van der Waals surface area contributed by atoms with E-state index in [-0.39, 0.29) is 23.7 Å². The van der Waals surface area contributed by atoms with E-state index in [1.54, 1.807) is 6.92 Å². The first-order chi connectivity index (χ1) is 16.6. The van der Waals surface area contributed by atoms with E-state index in [0.29, 0.717) is 25.8 Å². The summed E-state index contributed by atoms with van der Waals surface area (Å²) in [6, 6.07) is -2.48. The Morgan fingerprint density at radius 2 is 1.81 bits per heavy atom. The Balaban J connectivity index is 2.67. The molecule has 1 saturated heterocycles. The van der Waals surface area contributed by atoms with Crippen molar-refractivity contribution in [3.8, 4) is 0 Å². The predicted octanol–water partition coefficient (Wildman–Crippen LogP) is 3.42. The summed E-state index contributed by atoms with van der Waals surface area (Å²) in [6.45, 7) is 13.0. The number of carbonyl (C=O) groups excluding carboxylic acids is 4. The van der Waals surface area contributed by atoms with Crippen molar-refractivity contribution in [3.05, 3.63) is 12.7 Å². The van der Waals surface area contributed by atoms with Crippen LogP contribution < -0.4 is 16.1 Å². The summed E-state index contributed by atoms with van der Waals surface area (Å²) < 4.78 is 3.26. The first-order valence-corrected chi connectivity index (χ1v) is 13.2. The fraction of sp³-hybridized carbons (Fsp3) is 0.750. The SMILES string of the molecule is C=CCC(C)(C)CCC(=O)NC(C(=O)NC(C)C(=O)N1CCCC(C(=O)OCC(Cl)(Cl)Cl)N1)C(C)C. The number of esters is 1. The van der Waals surface area contributed by atoms with Crippen molar-refractivity contribution < 1.29 is 23.9 Å². The van der Waals surface area contributed by atoms with Crippen LogP contribution in [0.2, 0.25) is 0 Å². The molecule has 3 N–H and O–H groups in total. The highest BCUT2D eigenvalue weighted by atomic mass is 35.6. The van der Waals surface area contributed by atoms with Crippen LogP contribution in [0.1, 0.15) is 66.7 Å². The highest BCUT2D eigenvalue weighted by molar-refractivity contribution is 6.67. The van der Waals surface area contributed by atoms with E-state index in [0.717, 1.165) is 6.42 Å². The van der Waals surface area contributed by atoms with Crippen molar-refractivity contribution in [1.29, 1.82) is 0 Å². The first kappa shape index (κ1) is 32.5. The zero-order valence-corrected chi connectivity index (χ0v) is 23.9. The van der Waals surface area contributed by atoms with Gasteiger partial charge in [-0.3, -0.25) is 24.2 Å². The number of amides is 3. The van der Waals surface area contributed by atoms with Crippen LogP contribution in [0.4, 0.5) is 0 Å². The summed E-state index contributed by atoms with van der Waals surface area (Å²) in [7, 11) is 0. The summed E-state index contributed by atoms with van der Waals surface area (Å²) in [4.78, 5) is 50.7. The molecule has 12 heteroatoms. The van der Waals surface area contributed by atoms with Crippen LogP contribution in [0.25, 0.3) is 0 Å². The number of hydrazine groups is 1. The molecule has 206 valence electrons. The lowest BCUT2D eigenvalue weighted by Crippen LogP contribution is -2.61. The molecule has 3 amide bonds. The first-order valence-electron chi connectivity index (χ1n) is 12.1. The molecule has 3 unspecified atom stereocenters. The maximum atomic E-state index is 12.9. The number of alkyl halides is 3. The molecule has 0 radical (unpaired) electrons. The van der Waals surface area contributed by atoms with Crippen LogP contribution in [-0.4, -0.2) is 63.8 Å².